The van der Waals surface area contributed by atoms with Crippen molar-refractivity contribution >= 4 is 23.2 Å². The molecule has 1 heterocycles. The Morgan fingerprint density at radius 1 is 1.32 bits per heavy atom. The summed E-state index contributed by atoms with van der Waals surface area (Å²) in [4.78, 5) is 27.5. The van der Waals surface area contributed by atoms with Gasteiger partial charge in [-0.15, -0.1) is 11.3 Å². The highest BCUT2D eigenvalue weighted by Gasteiger charge is 2.26. The summed E-state index contributed by atoms with van der Waals surface area (Å²) in [7, 11) is 0. The molecule has 6 heteroatoms. The molecule has 2 N–H and O–H groups in total. The van der Waals surface area contributed by atoms with Gasteiger partial charge in [-0.3, -0.25) is 9.59 Å². The lowest BCUT2D eigenvalue weighted by molar-refractivity contribution is -0.142. The number of hydrogen-bond donors (Lipinski definition) is 2. The number of carbonyl (C=O) groups is 2. The molecule has 0 aliphatic heterocycles. The predicted octanol–water partition coefficient (Wildman–Crippen LogP) is 2.65. The highest BCUT2D eigenvalue weighted by molar-refractivity contribution is 7.07. The summed E-state index contributed by atoms with van der Waals surface area (Å²) in [5.74, 6) is -1.81. The molecular weight excluding hydrogens is 300 g/mol. The van der Waals surface area contributed by atoms with Crippen LogP contribution < -0.4 is 5.32 Å². The van der Waals surface area contributed by atoms with Gasteiger partial charge in [0.25, 0.3) is 0 Å². The fourth-order valence-corrected chi connectivity index (χ4v) is 2.74. The van der Waals surface area contributed by atoms with E-state index in [1.807, 2.05) is 35.7 Å². The van der Waals surface area contributed by atoms with Crippen LogP contribution in [0.1, 0.15) is 30.6 Å². The number of aryl methyl sites for hydroxylation is 1. The first-order valence-electron chi connectivity index (χ1n) is 7.02. The maximum atomic E-state index is 12.1. The minimum absolute atomic E-state index is 0.171. The van der Waals surface area contributed by atoms with Gasteiger partial charge in [0, 0.05) is 11.8 Å². The van der Waals surface area contributed by atoms with Crippen LogP contribution in [-0.4, -0.2) is 22.0 Å². The van der Waals surface area contributed by atoms with Gasteiger partial charge in [-0.05, 0) is 18.9 Å². The molecule has 5 nitrogen and oxygen atoms in total. The second-order valence-corrected chi connectivity index (χ2v) is 5.78. The van der Waals surface area contributed by atoms with Crippen LogP contribution >= 0.6 is 11.3 Å². The third-order valence-corrected chi connectivity index (χ3v) is 4.09. The van der Waals surface area contributed by atoms with Crippen molar-refractivity contribution in [1.29, 1.82) is 0 Å². The summed E-state index contributed by atoms with van der Waals surface area (Å²) >= 11 is 1.49. The van der Waals surface area contributed by atoms with E-state index in [4.69, 9.17) is 0 Å². The van der Waals surface area contributed by atoms with Gasteiger partial charge in [0.1, 0.15) is 0 Å². The topological polar surface area (TPSA) is 79.3 Å². The van der Waals surface area contributed by atoms with Crippen molar-refractivity contribution in [3.8, 4) is 0 Å². The van der Waals surface area contributed by atoms with Gasteiger partial charge in [0.2, 0.25) is 5.91 Å². The summed E-state index contributed by atoms with van der Waals surface area (Å²) in [5, 5.41) is 14.0. The average molecular weight is 318 g/mol. The van der Waals surface area contributed by atoms with Crippen LogP contribution in [0.3, 0.4) is 0 Å². The summed E-state index contributed by atoms with van der Waals surface area (Å²) in [6.07, 6.45) is 0.845. The summed E-state index contributed by atoms with van der Waals surface area (Å²) in [6, 6.07) is 8.63. The smallest absolute Gasteiger partial charge is 0.308 e. The Bertz CT molecular complexity index is 614. The molecule has 2 atom stereocenters. The number of benzene rings is 1. The standard InChI is InChI=1S/C16H18N2O3S/c1-11(16(20)21)15(12-5-3-2-4-6-12)18-14(19)8-7-13-9-22-10-17-13/h2-6,9-11,15H,7-8H2,1H3,(H,18,19)(H,20,21). The Kier molecular flexibility index (Phi) is 5.66. The van der Waals surface area contributed by atoms with Crippen molar-refractivity contribution in [2.24, 2.45) is 5.92 Å². The number of rotatable bonds is 7. The molecule has 1 amide bonds. The molecule has 0 aliphatic carbocycles. The highest BCUT2D eigenvalue weighted by atomic mass is 32.1. The summed E-state index contributed by atoms with van der Waals surface area (Å²) in [6.45, 7) is 1.60. The summed E-state index contributed by atoms with van der Waals surface area (Å²) in [5.41, 5.74) is 3.40. The van der Waals surface area contributed by atoms with E-state index in [0.717, 1.165) is 11.3 Å². The molecule has 0 fully saturated rings. The SMILES string of the molecule is CC(C(=O)O)C(NC(=O)CCc1cscn1)c1ccccc1. The molecule has 1 aromatic heterocycles. The number of carboxylic acids is 1. The maximum absolute atomic E-state index is 12.1. The number of carboxylic acid groups (broad SMARTS) is 1. The zero-order valence-electron chi connectivity index (χ0n) is 12.2. The molecule has 0 spiro atoms. The van der Waals surface area contributed by atoms with Crippen LogP contribution in [0.25, 0.3) is 0 Å². The van der Waals surface area contributed by atoms with Crippen LogP contribution in [-0.2, 0) is 16.0 Å². The number of aliphatic carboxylic acids is 1. The maximum Gasteiger partial charge on any atom is 0.308 e. The van der Waals surface area contributed by atoms with Gasteiger partial charge in [-0.25, -0.2) is 4.98 Å². The van der Waals surface area contributed by atoms with Crippen molar-refractivity contribution in [3.05, 3.63) is 52.5 Å². The van der Waals surface area contributed by atoms with Gasteiger partial charge in [-0.2, -0.15) is 0 Å². The van der Waals surface area contributed by atoms with Gasteiger partial charge in [-0.1, -0.05) is 30.3 Å². The first-order chi connectivity index (χ1) is 10.6. The van der Waals surface area contributed by atoms with Crippen LogP contribution in [0.2, 0.25) is 0 Å². The minimum Gasteiger partial charge on any atom is -0.481 e. The van der Waals surface area contributed by atoms with Gasteiger partial charge >= 0.3 is 5.97 Å². The monoisotopic (exact) mass is 318 g/mol. The molecule has 2 rings (SSSR count). The molecule has 1 aromatic carbocycles. The number of nitrogens with one attached hydrogen (secondary N) is 1. The van der Waals surface area contributed by atoms with E-state index >= 15 is 0 Å². The zero-order valence-corrected chi connectivity index (χ0v) is 13.0. The normalized spacial score (nSPS) is 13.3. The number of nitrogens with zero attached hydrogens (tertiary/aromatic N) is 1. The van der Waals surface area contributed by atoms with Crippen LogP contribution in [0, 0.1) is 5.92 Å². The first-order valence-corrected chi connectivity index (χ1v) is 7.96. The predicted molar refractivity (Wildman–Crippen MR) is 84.6 cm³/mol. The molecule has 2 unspecified atom stereocenters. The van der Waals surface area contributed by atoms with E-state index in [2.05, 4.69) is 10.3 Å². The van der Waals surface area contributed by atoms with Crippen molar-refractivity contribution in [3.63, 3.8) is 0 Å². The molecule has 0 aliphatic rings. The first kappa shape index (κ1) is 16.2. The van der Waals surface area contributed by atoms with Gasteiger partial charge in [0.05, 0.1) is 23.2 Å². The average Bonchev–Trinajstić information content (AvgIpc) is 3.04. The fourth-order valence-electron chi connectivity index (χ4n) is 2.15. The van der Waals surface area contributed by atoms with Crippen LogP contribution in [0.15, 0.2) is 41.2 Å². The number of thiazole rings is 1. The zero-order chi connectivity index (χ0) is 15.9. The third kappa shape index (κ3) is 4.39. The number of hydrogen-bond acceptors (Lipinski definition) is 4. The van der Waals surface area contributed by atoms with Crippen molar-refractivity contribution < 1.29 is 14.7 Å². The lowest BCUT2D eigenvalue weighted by Crippen LogP contribution is -2.35. The van der Waals surface area contributed by atoms with E-state index in [0.29, 0.717) is 12.8 Å². The Morgan fingerprint density at radius 3 is 2.64 bits per heavy atom. The fraction of sp³-hybridized carbons (Fsp3) is 0.312. The second kappa shape index (κ2) is 7.70. The van der Waals surface area contributed by atoms with E-state index in [1.165, 1.54) is 11.3 Å². The second-order valence-electron chi connectivity index (χ2n) is 5.06. The third-order valence-electron chi connectivity index (χ3n) is 3.46. The molecule has 116 valence electrons. The summed E-state index contributed by atoms with van der Waals surface area (Å²) < 4.78 is 0. The van der Waals surface area contributed by atoms with Crippen LogP contribution in [0.4, 0.5) is 0 Å². The van der Waals surface area contributed by atoms with E-state index in [1.54, 1.807) is 12.4 Å². The van der Waals surface area contributed by atoms with Gasteiger partial charge < -0.3 is 10.4 Å². The lowest BCUT2D eigenvalue weighted by Gasteiger charge is -2.23. The largest absolute Gasteiger partial charge is 0.481 e. The van der Waals surface area contributed by atoms with E-state index in [9.17, 15) is 14.7 Å². The number of aromatic nitrogens is 1. The number of carbonyl (C=O) groups excluding carboxylic acids is 1. The lowest BCUT2D eigenvalue weighted by atomic mass is 9.94. The Balaban J connectivity index is 2.02. The molecule has 0 saturated carbocycles. The highest BCUT2D eigenvalue weighted by Crippen LogP contribution is 2.22. The molecule has 0 saturated heterocycles. The molecule has 0 bridgehead atoms. The molecular formula is C16H18N2O3S. The molecule has 22 heavy (non-hydrogen) atoms. The van der Waals surface area contributed by atoms with E-state index in [-0.39, 0.29) is 5.91 Å². The Morgan fingerprint density at radius 2 is 2.05 bits per heavy atom. The molecule has 0 radical (unpaired) electrons. The quantitative estimate of drug-likeness (QED) is 0.822. The Labute approximate surface area is 133 Å². The Hall–Kier alpha value is -2.21. The van der Waals surface area contributed by atoms with E-state index < -0.39 is 17.9 Å². The van der Waals surface area contributed by atoms with Crippen LogP contribution in [0.5, 0.6) is 0 Å². The van der Waals surface area contributed by atoms with Gasteiger partial charge in [0.15, 0.2) is 0 Å². The van der Waals surface area contributed by atoms with Crippen molar-refractivity contribution in [2.75, 3.05) is 0 Å². The minimum atomic E-state index is -0.936. The molecule has 2 aromatic rings. The number of amides is 1. The van der Waals surface area contributed by atoms with Crippen molar-refractivity contribution in [1.82, 2.24) is 10.3 Å². The van der Waals surface area contributed by atoms with Crippen molar-refractivity contribution in [2.45, 2.75) is 25.8 Å².